The molecule has 4 rings (SSSR count). The molecule has 9 nitrogen and oxygen atoms in total. The van der Waals surface area contributed by atoms with E-state index in [1.165, 1.54) is 12.0 Å². The molecular formula is C29H35N3O6. The first-order chi connectivity index (χ1) is 18.2. The number of aryl methyl sites for hydroxylation is 2. The van der Waals surface area contributed by atoms with Gasteiger partial charge in [-0.3, -0.25) is 9.59 Å². The molecule has 202 valence electrons. The normalized spacial score (nSPS) is 17.1. The number of methoxy groups -OCH3 is 2. The van der Waals surface area contributed by atoms with E-state index in [0.29, 0.717) is 40.9 Å². The van der Waals surface area contributed by atoms with Gasteiger partial charge < -0.3 is 28.6 Å². The zero-order chi connectivity index (χ0) is 27.6. The zero-order valence-electron chi connectivity index (χ0n) is 22.8. The number of aliphatic hydroxyl groups is 1. The Kier molecular flexibility index (Phi) is 8.06. The molecule has 1 aliphatic heterocycles. The van der Waals surface area contributed by atoms with Crippen molar-refractivity contribution in [3.63, 3.8) is 0 Å². The number of ketones is 1. The number of benzene rings is 1. The first-order valence-electron chi connectivity index (χ1n) is 12.7. The molecule has 1 aromatic carbocycles. The lowest BCUT2D eigenvalue weighted by Gasteiger charge is -2.25. The Hall–Kier alpha value is -3.85. The average molecular weight is 522 g/mol. The molecule has 0 saturated carbocycles. The lowest BCUT2D eigenvalue weighted by molar-refractivity contribution is -0.140. The van der Waals surface area contributed by atoms with E-state index in [-0.39, 0.29) is 30.2 Å². The predicted molar refractivity (Wildman–Crippen MR) is 143 cm³/mol. The van der Waals surface area contributed by atoms with Crippen LogP contribution in [0, 0.1) is 19.8 Å². The molecule has 1 aliphatic rings. The number of fused-ring (bicyclic) bond motifs is 1. The van der Waals surface area contributed by atoms with Gasteiger partial charge in [-0.1, -0.05) is 26.0 Å². The molecule has 3 aromatic rings. The lowest BCUT2D eigenvalue weighted by Crippen LogP contribution is -2.32. The molecule has 0 spiro atoms. The standard InChI is InChI=1S/C29H35N3O6/c1-17(2)11-14-38-21-10-9-20(16-22(21)37-6)25-23(27(34)29(35)32(25)13-15-36-5)26(33)24-19(4)31-12-7-8-18(3)28(31)30-24/h7-10,12,16-17,25,33H,11,13-15H2,1-6H3. The SMILES string of the molecule is COCCN1C(=O)C(=O)C(=C(O)c2nc3c(C)cccn3c2C)C1c1ccc(OCCC(C)C)c(OC)c1. The quantitative estimate of drug-likeness (QED) is 0.239. The second kappa shape index (κ2) is 11.3. The minimum atomic E-state index is -0.853. The number of ether oxygens (including phenoxy) is 3. The highest BCUT2D eigenvalue weighted by Gasteiger charge is 2.46. The third kappa shape index (κ3) is 4.98. The van der Waals surface area contributed by atoms with E-state index < -0.39 is 17.7 Å². The van der Waals surface area contributed by atoms with Crippen molar-refractivity contribution in [1.29, 1.82) is 0 Å². The average Bonchev–Trinajstić information content (AvgIpc) is 3.37. The van der Waals surface area contributed by atoms with Gasteiger partial charge in [0.1, 0.15) is 11.3 Å². The number of aliphatic hydroxyl groups excluding tert-OH is 1. The molecule has 0 bridgehead atoms. The van der Waals surface area contributed by atoms with Crippen molar-refractivity contribution in [2.24, 2.45) is 5.92 Å². The van der Waals surface area contributed by atoms with Crippen LogP contribution in [0.15, 0.2) is 42.1 Å². The number of carbonyl (C=O) groups is 2. The van der Waals surface area contributed by atoms with Gasteiger partial charge >= 0.3 is 0 Å². The summed E-state index contributed by atoms with van der Waals surface area (Å²) in [5.41, 5.74) is 3.09. The molecule has 1 saturated heterocycles. The van der Waals surface area contributed by atoms with Gasteiger partial charge in [-0.05, 0) is 55.5 Å². The molecular weight excluding hydrogens is 486 g/mol. The number of imidazole rings is 1. The van der Waals surface area contributed by atoms with Crippen molar-refractivity contribution in [3.8, 4) is 11.5 Å². The fourth-order valence-electron chi connectivity index (χ4n) is 4.70. The third-order valence-corrected chi connectivity index (χ3v) is 6.84. The van der Waals surface area contributed by atoms with Gasteiger partial charge in [-0.2, -0.15) is 0 Å². The van der Waals surface area contributed by atoms with E-state index in [1.807, 2.05) is 36.6 Å². The lowest BCUT2D eigenvalue weighted by atomic mass is 9.96. The fourth-order valence-corrected chi connectivity index (χ4v) is 4.70. The molecule has 3 heterocycles. The number of carbonyl (C=O) groups excluding carboxylic acids is 2. The van der Waals surface area contributed by atoms with Crippen LogP contribution in [0.2, 0.25) is 0 Å². The van der Waals surface area contributed by atoms with Crippen LogP contribution in [-0.2, 0) is 14.3 Å². The van der Waals surface area contributed by atoms with Gasteiger partial charge in [-0.15, -0.1) is 0 Å². The molecule has 1 fully saturated rings. The maximum atomic E-state index is 13.4. The summed E-state index contributed by atoms with van der Waals surface area (Å²) in [6.07, 6.45) is 2.74. The Morgan fingerprint density at radius 3 is 2.53 bits per heavy atom. The molecule has 1 amide bonds. The van der Waals surface area contributed by atoms with E-state index >= 15 is 0 Å². The molecule has 38 heavy (non-hydrogen) atoms. The summed E-state index contributed by atoms with van der Waals surface area (Å²) in [5, 5.41) is 11.5. The summed E-state index contributed by atoms with van der Waals surface area (Å²) in [5.74, 6) is -0.256. The fraction of sp³-hybridized carbons (Fsp3) is 0.414. The number of nitrogens with zero attached hydrogens (tertiary/aromatic N) is 3. The minimum absolute atomic E-state index is 0.0224. The Morgan fingerprint density at radius 1 is 1.11 bits per heavy atom. The largest absolute Gasteiger partial charge is 0.505 e. The number of likely N-dealkylation sites (tertiary alicyclic amines) is 1. The minimum Gasteiger partial charge on any atom is -0.505 e. The van der Waals surface area contributed by atoms with Gasteiger partial charge in [0.25, 0.3) is 11.7 Å². The number of hydrogen-bond acceptors (Lipinski definition) is 7. The maximum Gasteiger partial charge on any atom is 0.295 e. The molecule has 1 atom stereocenters. The van der Waals surface area contributed by atoms with Crippen molar-refractivity contribution in [1.82, 2.24) is 14.3 Å². The number of Topliss-reactive ketones (excluding diaryl/α,β-unsaturated/α-hetero) is 1. The molecule has 1 N–H and O–H groups in total. The molecule has 9 heteroatoms. The Morgan fingerprint density at radius 2 is 1.87 bits per heavy atom. The number of rotatable bonds is 10. The van der Waals surface area contributed by atoms with Gasteiger partial charge in [-0.25, -0.2) is 4.98 Å². The molecule has 2 aromatic heterocycles. The Labute approximate surface area is 222 Å². The van der Waals surface area contributed by atoms with Crippen molar-refractivity contribution in [2.75, 3.05) is 34.0 Å². The highest BCUT2D eigenvalue weighted by molar-refractivity contribution is 6.46. The third-order valence-electron chi connectivity index (χ3n) is 6.84. The van der Waals surface area contributed by atoms with Crippen LogP contribution in [-0.4, -0.2) is 65.1 Å². The van der Waals surface area contributed by atoms with Crippen molar-refractivity contribution < 1.29 is 28.9 Å². The van der Waals surface area contributed by atoms with E-state index in [4.69, 9.17) is 14.2 Å². The molecule has 0 radical (unpaired) electrons. The molecule has 1 unspecified atom stereocenters. The summed E-state index contributed by atoms with van der Waals surface area (Å²) in [4.78, 5) is 32.6. The maximum absolute atomic E-state index is 13.4. The first-order valence-corrected chi connectivity index (χ1v) is 12.7. The second-order valence-corrected chi connectivity index (χ2v) is 9.86. The van der Waals surface area contributed by atoms with Gasteiger partial charge in [0.05, 0.1) is 37.6 Å². The van der Waals surface area contributed by atoms with E-state index in [9.17, 15) is 14.7 Å². The van der Waals surface area contributed by atoms with Crippen LogP contribution in [0.4, 0.5) is 0 Å². The Balaban J connectivity index is 1.84. The van der Waals surface area contributed by atoms with E-state index in [2.05, 4.69) is 18.8 Å². The number of pyridine rings is 1. The van der Waals surface area contributed by atoms with Crippen LogP contribution in [0.5, 0.6) is 11.5 Å². The second-order valence-electron chi connectivity index (χ2n) is 9.86. The summed E-state index contributed by atoms with van der Waals surface area (Å²) in [7, 11) is 3.07. The van der Waals surface area contributed by atoms with Gasteiger partial charge in [0.15, 0.2) is 17.3 Å². The predicted octanol–water partition coefficient (Wildman–Crippen LogP) is 4.45. The summed E-state index contributed by atoms with van der Waals surface area (Å²) < 4.78 is 18.6. The van der Waals surface area contributed by atoms with Crippen molar-refractivity contribution in [3.05, 3.63) is 64.6 Å². The van der Waals surface area contributed by atoms with Crippen LogP contribution < -0.4 is 9.47 Å². The number of aromatic nitrogens is 2. The number of hydrogen-bond donors (Lipinski definition) is 1. The summed E-state index contributed by atoms with van der Waals surface area (Å²) >= 11 is 0. The van der Waals surface area contributed by atoms with Crippen molar-refractivity contribution in [2.45, 2.75) is 40.2 Å². The van der Waals surface area contributed by atoms with E-state index in [1.54, 1.807) is 25.3 Å². The van der Waals surface area contributed by atoms with Crippen molar-refractivity contribution >= 4 is 23.1 Å². The first kappa shape index (κ1) is 27.2. The Bertz CT molecular complexity index is 1390. The van der Waals surface area contributed by atoms with Crippen LogP contribution >= 0.6 is 0 Å². The highest BCUT2D eigenvalue weighted by atomic mass is 16.5. The smallest absolute Gasteiger partial charge is 0.295 e. The summed E-state index contributed by atoms with van der Waals surface area (Å²) in [6, 6.07) is 8.26. The van der Waals surface area contributed by atoms with Crippen LogP contribution in [0.3, 0.4) is 0 Å². The van der Waals surface area contributed by atoms with Crippen LogP contribution in [0.25, 0.3) is 11.4 Å². The highest BCUT2D eigenvalue weighted by Crippen LogP contribution is 2.42. The summed E-state index contributed by atoms with van der Waals surface area (Å²) in [6.45, 7) is 8.91. The van der Waals surface area contributed by atoms with Gasteiger partial charge in [0, 0.05) is 19.9 Å². The number of amides is 1. The zero-order valence-corrected chi connectivity index (χ0v) is 22.8. The molecule has 0 aliphatic carbocycles. The van der Waals surface area contributed by atoms with E-state index in [0.717, 1.165) is 12.0 Å². The van der Waals surface area contributed by atoms with Crippen LogP contribution in [0.1, 0.15) is 48.8 Å². The van der Waals surface area contributed by atoms with Gasteiger partial charge in [0.2, 0.25) is 0 Å². The topological polar surface area (TPSA) is 103 Å². The monoisotopic (exact) mass is 521 g/mol.